The summed E-state index contributed by atoms with van der Waals surface area (Å²) in [5.41, 5.74) is -0.523. The average Bonchev–Trinajstić information content (AvgIpc) is 2.43. The molecule has 0 unspecified atom stereocenters. The topological polar surface area (TPSA) is 72.2 Å². The molecule has 2 rings (SSSR count). The molecule has 0 aromatic heterocycles. The first kappa shape index (κ1) is 15.4. The normalized spacial score (nSPS) is 10.2. The van der Waals surface area contributed by atoms with Crippen LogP contribution in [-0.2, 0) is 0 Å². The zero-order valence-corrected chi connectivity index (χ0v) is 12.6. The standard InChI is InChI=1S/C13H7BrClFN2O3/c14-12-9(15)2-1-3-10(12)17-13(19)8-6-7(16)4-5-11(8)18(20)21/h1-6H,(H,17,19). The number of carbonyl (C=O) groups is 1. The van der Waals surface area contributed by atoms with Gasteiger partial charge in [0.15, 0.2) is 0 Å². The monoisotopic (exact) mass is 372 g/mol. The Labute approximate surface area is 132 Å². The van der Waals surface area contributed by atoms with Crippen molar-refractivity contribution in [2.24, 2.45) is 0 Å². The van der Waals surface area contributed by atoms with E-state index in [2.05, 4.69) is 21.2 Å². The fourth-order valence-electron chi connectivity index (χ4n) is 1.64. The van der Waals surface area contributed by atoms with Crippen LogP contribution >= 0.6 is 27.5 Å². The second-order valence-electron chi connectivity index (χ2n) is 3.97. The average molecular weight is 374 g/mol. The van der Waals surface area contributed by atoms with E-state index in [-0.39, 0.29) is 5.56 Å². The number of nitrogens with zero attached hydrogens (tertiary/aromatic N) is 1. The molecule has 1 N–H and O–H groups in total. The molecule has 0 aliphatic carbocycles. The molecule has 1 amide bonds. The lowest BCUT2D eigenvalue weighted by molar-refractivity contribution is -0.385. The van der Waals surface area contributed by atoms with Gasteiger partial charge in [-0.3, -0.25) is 14.9 Å². The number of nitro benzene ring substituents is 1. The number of nitrogens with one attached hydrogen (secondary N) is 1. The zero-order chi connectivity index (χ0) is 15.6. The molecule has 108 valence electrons. The van der Waals surface area contributed by atoms with Crippen LogP contribution in [0.15, 0.2) is 40.9 Å². The maximum Gasteiger partial charge on any atom is 0.282 e. The summed E-state index contributed by atoms with van der Waals surface area (Å²) >= 11 is 9.07. The highest BCUT2D eigenvalue weighted by molar-refractivity contribution is 9.10. The number of rotatable bonds is 3. The van der Waals surface area contributed by atoms with E-state index >= 15 is 0 Å². The van der Waals surface area contributed by atoms with E-state index in [1.54, 1.807) is 18.2 Å². The molecule has 0 saturated carbocycles. The van der Waals surface area contributed by atoms with Crippen LogP contribution in [0.4, 0.5) is 15.8 Å². The van der Waals surface area contributed by atoms with Crippen LogP contribution in [0.5, 0.6) is 0 Å². The summed E-state index contributed by atoms with van der Waals surface area (Å²) in [6.45, 7) is 0. The van der Waals surface area contributed by atoms with Gasteiger partial charge in [0, 0.05) is 6.07 Å². The quantitative estimate of drug-likeness (QED) is 0.640. The number of halogens is 3. The molecule has 0 spiro atoms. The molecule has 0 heterocycles. The Kier molecular flexibility index (Phi) is 4.54. The lowest BCUT2D eigenvalue weighted by atomic mass is 10.1. The third-order valence-corrected chi connectivity index (χ3v) is 4.00. The van der Waals surface area contributed by atoms with Gasteiger partial charge in [-0.15, -0.1) is 0 Å². The lowest BCUT2D eigenvalue weighted by Gasteiger charge is -2.08. The van der Waals surface area contributed by atoms with E-state index in [0.717, 1.165) is 18.2 Å². The molecule has 0 aliphatic rings. The first-order chi connectivity index (χ1) is 9.90. The predicted octanol–water partition coefficient (Wildman–Crippen LogP) is 4.40. The maximum atomic E-state index is 13.2. The van der Waals surface area contributed by atoms with Gasteiger partial charge in [0.25, 0.3) is 11.6 Å². The van der Waals surface area contributed by atoms with Crippen LogP contribution in [0.3, 0.4) is 0 Å². The largest absolute Gasteiger partial charge is 0.321 e. The number of amides is 1. The van der Waals surface area contributed by atoms with Crippen LogP contribution < -0.4 is 5.32 Å². The third-order valence-electron chi connectivity index (χ3n) is 2.60. The molecule has 0 aliphatic heterocycles. The van der Waals surface area contributed by atoms with Crippen molar-refractivity contribution in [3.63, 3.8) is 0 Å². The summed E-state index contributed by atoms with van der Waals surface area (Å²) in [6, 6.07) is 7.43. The fourth-order valence-corrected chi connectivity index (χ4v) is 2.18. The fraction of sp³-hybridized carbons (Fsp3) is 0. The minimum Gasteiger partial charge on any atom is -0.321 e. The number of anilines is 1. The van der Waals surface area contributed by atoms with Gasteiger partial charge in [0.1, 0.15) is 11.4 Å². The van der Waals surface area contributed by atoms with E-state index in [9.17, 15) is 19.3 Å². The Balaban J connectivity index is 2.39. The first-order valence-electron chi connectivity index (χ1n) is 5.59. The molecule has 5 nitrogen and oxygen atoms in total. The molecule has 0 radical (unpaired) electrons. The van der Waals surface area contributed by atoms with Crippen molar-refractivity contribution in [1.29, 1.82) is 0 Å². The van der Waals surface area contributed by atoms with Gasteiger partial charge in [-0.2, -0.15) is 0 Å². The summed E-state index contributed by atoms with van der Waals surface area (Å²) in [4.78, 5) is 22.2. The smallest absolute Gasteiger partial charge is 0.282 e. The SMILES string of the molecule is O=C(Nc1cccc(Cl)c1Br)c1cc(F)ccc1[N+](=O)[O-]. The highest BCUT2D eigenvalue weighted by Crippen LogP contribution is 2.31. The van der Waals surface area contributed by atoms with E-state index < -0.39 is 22.3 Å². The first-order valence-corrected chi connectivity index (χ1v) is 6.76. The van der Waals surface area contributed by atoms with Crippen molar-refractivity contribution in [2.75, 3.05) is 5.32 Å². The Morgan fingerprint density at radius 3 is 2.71 bits per heavy atom. The van der Waals surface area contributed by atoms with Gasteiger partial charge in [-0.1, -0.05) is 17.7 Å². The van der Waals surface area contributed by atoms with Crippen molar-refractivity contribution in [3.8, 4) is 0 Å². The molecular weight excluding hydrogens is 367 g/mol. The van der Waals surface area contributed by atoms with Crippen LogP contribution in [-0.4, -0.2) is 10.8 Å². The molecule has 0 bridgehead atoms. The van der Waals surface area contributed by atoms with Crippen molar-refractivity contribution < 1.29 is 14.1 Å². The van der Waals surface area contributed by atoms with Gasteiger partial charge in [-0.05, 0) is 40.2 Å². The lowest BCUT2D eigenvalue weighted by Crippen LogP contribution is -2.14. The highest BCUT2D eigenvalue weighted by atomic mass is 79.9. The van der Waals surface area contributed by atoms with Gasteiger partial charge in [0.05, 0.1) is 20.1 Å². The van der Waals surface area contributed by atoms with Crippen molar-refractivity contribution in [1.82, 2.24) is 0 Å². The second kappa shape index (κ2) is 6.19. The Hall–Kier alpha value is -1.99. The maximum absolute atomic E-state index is 13.2. The van der Waals surface area contributed by atoms with E-state index in [0.29, 0.717) is 15.2 Å². The molecule has 0 fully saturated rings. The minimum atomic E-state index is -0.802. The molecule has 8 heteroatoms. The zero-order valence-electron chi connectivity index (χ0n) is 10.3. The Morgan fingerprint density at radius 1 is 1.33 bits per heavy atom. The highest BCUT2D eigenvalue weighted by Gasteiger charge is 2.21. The van der Waals surface area contributed by atoms with Crippen molar-refractivity contribution in [3.05, 3.63) is 67.4 Å². The van der Waals surface area contributed by atoms with E-state index in [4.69, 9.17) is 11.6 Å². The van der Waals surface area contributed by atoms with Gasteiger partial charge < -0.3 is 5.32 Å². The van der Waals surface area contributed by atoms with E-state index in [1.165, 1.54) is 0 Å². The predicted molar refractivity (Wildman–Crippen MR) is 80.2 cm³/mol. The van der Waals surface area contributed by atoms with Gasteiger partial charge in [0.2, 0.25) is 0 Å². The minimum absolute atomic E-state index is 0.325. The summed E-state index contributed by atoms with van der Waals surface area (Å²) in [5, 5.41) is 13.7. The van der Waals surface area contributed by atoms with Crippen LogP contribution in [0, 0.1) is 15.9 Å². The molecule has 2 aromatic rings. The third kappa shape index (κ3) is 3.37. The van der Waals surface area contributed by atoms with Gasteiger partial charge in [-0.25, -0.2) is 4.39 Å². The van der Waals surface area contributed by atoms with Crippen LogP contribution in [0.2, 0.25) is 5.02 Å². The molecular formula is C13H7BrClFN2O3. The number of benzene rings is 2. The summed E-state index contributed by atoms with van der Waals surface area (Å²) < 4.78 is 13.6. The number of hydrogen-bond acceptors (Lipinski definition) is 3. The number of nitro groups is 1. The molecule has 0 saturated heterocycles. The Bertz CT molecular complexity index is 739. The molecule has 21 heavy (non-hydrogen) atoms. The van der Waals surface area contributed by atoms with Crippen molar-refractivity contribution >= 4 is 44.8 Å². The van der Waals surface area contributed by atoms with Gasteiger partial charge >= 0.3 is 0 Å². The second-order valence-corrected chi connectivity index (χ2v) is 5.17. The molecule has 0 atom stereocenters. The number of carbonyl (C=O) groups excluding carboxylic acids is 1. The summed E-state index contributed by atoms with van der Waals surface area (Å²) in [5.74, 6) is -1.54. The summed E-state index contributed by atoms with van der Waals surface area (Å²) in [6.07, 6.45) is 0. The molecule has 2 aromatic carbocycles. The van der Waals surface area contributed by atoms with E-state index in [1.807, 2.05) is 0 Å². The van der Waals surface area contributed by atoms with Crippen LogP contribution in [0.25, 0.3) is 0 Å². The van der Waals surface area contributed by atoms with Crippen LogP contribution in [0.1, 0.15) is 10.4 Å². The Morgan fingerprint density at radius 2 is 2.05 bits per heavy atom. The van der Waals surface area contributed by atoms with Crippen molar-refractivity contribution in [2.45, 2.75) is 0 Å². The summed E-state index contributed by atoms with van der Waals surface area (Å²) in [7, 11) is 0. The number of hydrogen-bond donors (Lipinski definition) is 1.